The quantitative estimate of drug-likeness (QED) is 0.367. The number of aromatic nitrogens is 2. The highest BCUT2D eigenvalue weighted by atomic mass is 19.4. The number of ether oxygens (including phenoxy) is 2. The summed E-state index contributed by atoms with van der Waals surface area (Å²) < 4.78 is 62.4. The van der Waals surface area contributed by atoms with Gasteiger partial charge < -0.3 is 20.2 Å². The zero-order valence-electron chi connectivity index (χ0n) is 18.3. The molecular formula is C23H17F4N5O4. The molecule has 1 amide bonds. The molecule has 0 atom stereocenters. The second-order valence-corrected chi connectivity index (χ2v) is 7.32. The van der Waals surface area contributed by atoms with E-state index in [1.54, 1.807) is 0 Å². The lowest BCUT2D eigenvalue weighted by atomic mass is 10.2. The first-order valence-corrected chi connectivity index (χ1v) is 10.3. The predicted octanol–water partition coefficient (Wildman–Crippen LogP) is 4.33. The summed E-state index contributed by atoms with van der Waals surface area (Å²) in [5.74, 6) is -1.24. The van der Waals surface area contributed by atoms with Gasteiger partial charge in [0.15, 0.2) is 11.5 Å². The zero-order valence-corrected chi connectivity index (χ0v) is 18.3. The van der Waals surface area contributed by atoms with Crippen LogP contribution < -0.4 is 20.4 Å². The van der Waals surface area contributed by atoms with E-state index in [4.69, 9.17) is 10.1 Å². The third-order valence-corrected chi connectivity index (χ3v) is 4.91. The standard InChI is InChI=1S/C23H17F4N5O4/c24-17-13-15(31-10-11-35-22(31)34)4-5-19(17)32-9-7-20(33)21(30-32)18(6-8-28)29-14-2-1-3-16(12-14)36-23(25,26)27/h1-9,12-13,28-29H,10-11H2/b18-6-,28-8?. The monoisotopic (exact) mass is 503 g/mol. The van der Waals surface area contributed by atoms with Crippen LogP contribution in [0.2, 0.25) is 0 Å². The molecule has 2 heterocycles. The molecule has 1 aliphatic rings. The molecule has 186 valence electrons. The third-order valence-electron chi connectivity index (χ3n) is 4.91. The number of halogens is 4. The lowest BCUT2D eigenvalue weighted by Gasteiger charge is -2.16. The smallest absolute Gasteiger partial charge is 0.447 e. The first kappa shape index (κ1) is 24.4. The SMILES string of the molecule is N=C/C=C(\Nc1cccc(OC(F)(F)F)c1)c1nn(-c2ccc(N3CCOC3=O)cc2F)ccc1=O. The number of hydrogen-bond acceptors (Lipinski definition) is 7. The number of cyclic esters (lactones) is 1. The normalized spacial score (nSPS) is 13.9. The van der Waals surface area contributed by atoms with Gasteiger partial charge in [0.2, 0.25) is 5.43 Å². The Labute approximate surface area is 200 Å². The first-order chi connectivity index (χ1) is 17.1. The van der Waals surface area contributed by atoms with Crippen molar-refractivity contribution in [3.63, 3.8) is 0 Å². The lowest BCUT2D eigenvalue weighted by molar-refractivity contribution is -0.274. The molecule has 0 saturated carbocycles. The molecule has 0 spiro atoms. The third kappa shape index (κ3) is 5.51. The Bertz CT molecular complexity index is 1400. The van der Waals surface area contributed by atoms with Gasteiger partial charge in [0, 0.05) is 30.2 Å². The van der Waals surface area contributed by atoms with Gasteiger partial charge in [0.25, 0.3) is 0 Å². The molecular weight excluding hydrogens is 486 g/mol. The van der Waals surface area contributed by atoms with Gasteiger partial charge in [-0.05, 0) is 36.4 Å². The first-order valence-electron chi connectivity index (χ1n) is 10.3. The van der Waals surface area contributed by atoms with E-state index in [-0.39, 0.29) is 41.6 Å². The molecule has 9 nitrogen and oxygen atoms in total. The zero-order chi connectivity index (χ0) is 25.9. The second-order valence-electron chi connectivity index (χ2n) is 7.32. The Kier molecular flexibility index (Phi) is 6.72. The molecule has 3 aromatic rings. The summed E-state index contributed by atoms with van der Waals surface area (Å²) in [6.07, 6.45) is -2.24. The lowest BCUT2D eigenvalue weighted by Crippen LogP contribution is -2.23. The summed E-state index contributed by atoms with van der Waals surface area (Å²) in [7, 11) is 0. The van der Waals surface area contributed by atoms with Crippen molar-refractivity contribution in [2.45, 2.75) is 6.36 Å². The van der Waals surface area contributed by atoms with Crippen molar-refractivity contribution in [3.05, 3.63) is 82.5 Å². The van der Waals surface area contributed by atoms with Gasteiger partial charge in [0.1, 0.15) is 18.0 Å². The number of amides is 1. The molecule has 2 aromatic carbocycles. The highest BCUT2D eigenvalue weighted by Crippen LogP contribution is 2.27. The number of alkyl halides is 3. The van der Waals surface area contributed by atoms with Crippen LogP contribution in [-0.2, 0) is 4.74 Å². The van der Waals surface area contributed by atoms with Crippen molar-refractivity contribution < 1.29 is 31.8 Å². The molecule has 0 radical (unpaired) electrons. The van der Waals surface area contributed by atoms with E-state index in [1.165, 1.54) is 41.4 Å². The van der Waals surface area contributed by atoms with Gasteiger partial charge in [0.05, 0.1) is 17.9 Å². The summed E-state index contributed by atoms with van der Waals surface area (Å²) in [6, 6.07) is 9.97. The fourth-order valence-corrected chi connectivity index (χ4v) is 3.40. The fourth-order valence-electron chi connectivity index (χ4n) is 3.40. The number of rotatable bonds is 7. The van der Waals surface area contributed by atoms with Crippen LogP contribution in [0.1, 0.15) is 5.69 Å². The number of carbonyl (C=O) groups excluding carboxylic acids is 1. The molecule has 1 saturated heterocycles. The van der Waals surface area contributed by atoms with Crippen LogP contribution in [0.4, 0.5) is 33.7 Å². The molecule has 1 aliphatic heterocycles. The van der Waals surface area contributed by atoms with Gasteiger partial charge in [-0.25, -0.2) is 13.9 Å². The highest BCUT2D eigenvalue weighted by molar-refractivity contribution is 5.89. The average molecular weight is 503 g/mol. The summed E-state index contributed by atoms with van der Waals surface area (Å²) in [6.45, 7) is 0.462. The Balaban J connectivity index is 1.66. The minimum Gasteiger partial charge on any atom is -0.447 e. The van der Waals surface area contributed by atoms with E-state index in [0.29, 0.717) is 0 Å². The number of allylic oxidation sites excluding steroid dienone is 1. The molecule has 0 unspecified atom stereocenters. The predicted molar refractivity (Wildman–Crippen MR) is 122 cm³/mol. The summed E-state index contributed by atoms with van der Waals surface area (Å²) >= 11 is 0. The van der Waals surface area contributed by atoms with Crippen molar-refractivity contribution in [3.8, 4) is 11.4 Å². The Morgan fingerprint density at radius 2 is 1.97 bits per heavy atom. The number of benzene rings is 2. The molecule has 13 heteroatoms. The molecule has 4 rings (SSSR count). The minimum absolute atomic E-state index is 0.0228. The molecule has 2 N–H and O–H groups in total. The highest BCUT2D eigenvalue weighted by Gasteiger charge is 2.31. The second kappa shape index (κ2) is 9.90. The maximum atomic E-state index is 14.9. The average Bonchev–Trinajstić information content (AvgIpc) is 3.24. The number of hydrogen-bond donors (Lipinski definition) is 2. The molecule has 36 heavy (non-hydrogen) atoms. The van der Waals surface area contributed by atoms with E-state index in [2.05, 4.69) is 15.2 Å². The van der Waals surface area contributed by atoms with Crippen molar-refractivity contribution in [2.24, 2.45) is 0 Å². The maximum Gasteiger partial charge on any atom is 0.573 e. The van der Waals surface area contributed by atoms with Crippen LogP contribution in [0.5, 0.6) is 5.75 Å². The van der Waals surface area contributed by atoms with Crippen LogP contribution in [0.3, 0.4) is 0 Å². The van der Waals surface area contributed by atoms with E-state index in [9.17, 15) is 27.2 Å². The minimum atomic E-state index is -4.89. The molecule has 1 aromatic heterocycles. The summed E-state index contributed by atoms with van der Waals surface area (Å²) in [5.41, 5.74) is -0.477. The topological polar surface area (TPSA) is 110 Å². The van der Waals surface area contributed by atoms with Crippen LogP contribution >= 0.6 is 0 Å². The van der Waals surface area contributed by atoms with E-state index >= 15 is 0 Å². The van der Waals surface area contributed by atoms with Crippen molar-refractivity contribution in [2.75, 3.05) is 23.4 Å². The van der Waals surface area contributed by atoms with Crippen molar-refractivity contribution >= 4 is 29.4 Å². The van der Waals surface area contributed by atoms with Crippen LogP contribution in [0, 0.1) is 11.2 Å². The molecule has 1 fully saturated rings. The van der Waals surface area contributed by atoms with Gasteiger partial charge >= 0.3 is 12.5 Å². The van der Waals surface area contributed by atoms with Crippen LogP contribution in [0.15, 0.2) is 65.6 Å². The van der Waals surface area contributed by atoms with Crippen LogP contribution in [-0.4, -0.2) is 41.6 Å². The van der Waals surface area contributed by atoms with Crippen LogP contribution in [0.25, 0.3) is 11.4 Å². The number of anilines is 2. The van der Waals surface area contributed by atoms with E-state index in [1.807, 2.05) is 0 Å². The van der Waals surface area contributed by atoms with Crippen molar-refractivity contribution in [1.29, 1.82) is 5.41 Å². The maximum absolute atomic E-state index is 14.9. The van der Waals surface area contributed by atoms with Gasteiger partial charge in [-0.2, -0.15) is 5.10 Å². The summed E-state index contributed by atoms with van der Waals surface area (Å²) in [5, 5.41) is 14.3. The number of nitrogens with zero attached hydrogens (tertiary/aromatic N) is 3. The van der Waals surface area contributed by atoms with E-state index in [0.717, 1.165) is 35.2 Å². The fraction of sp³-hybridized carbons (Fsp3) is 0.130. The summed E-state index contributed by atoms with van der Waals surface area (Å²) in [4.78, 5) is 25.6. The number of nitrogens with one attached hydrogen (secondary N) is 2. The van der Waals surface area contributed by atoms with E-state index < -0.39 is 29.5 Å². The van der Waals surface area contributed by atoms with Crippen molar-refractivity contribution in [1.82, 2.24) is 9.78 Å². The molecule has 0 aliphatic carbocycles. The molecule has 0 bridgehead atoms. The van der Waals surface area contributed by atoms with Gasteiger partial charge in [-0.15, -0.1) is 13.2 Å². The number of carbonyl (C=O) groups is 1. The largest absolute Gasteiger partial charge is 0.573 e. The Morgan fingerprint density at radius 3 is 2.64 bits per heavy atom. The Morgan fingerprint density at radius 1 is 1.17 bits per heavy atom. The van der Waals surface area contributed by atoms with Gasteiger partial charge in [-0.3, -0.25) is 9.69 Å². The Hall–Kier alpha value is -4.68. The van der Waals surface area contributed by atoms with Gasteiger partial charge in [-0.1, -0.05) is 6.07 Å².